The van der Waals surface area contributed by atoms with Crippen LogP contribution in [-0.4, -0.2) is 76.3 Å². The van der Waals surface area contributed by atoms with Crippen LogP contribution >= 0.6 is 0 Å². The molecule has 3 heterocycles. The Hall–Kier alpha value is -4.52. The number of hydrogen-bond donors (Lipinski definition) is 2. The second-order valence-corrected chi connectivity index (χ2v) is 15.0. The van der Waals surface area contributed by atoms with E-state index in [1.807, 2.05) is 42.5 Å². The van der Waals surface area contributed by atoms with Gasteiger partial charge in [0.15, 0.2) is 0 Å². The van der Waals surface area contributed by atoms with E-state index in [4.69, 9.17) is 14.5 Å². The molecule has 1 aromatic carbocycles. The molecule has 6 rings (SSSR count). The Morgan fingerprint density at radius 3 is 2.48 bits per heavy atom. The molecule has 242 valence electrons. The lowest BCUT2D eigenvalue weighted by atomic mass is 10.1. The number of benzene rings is 1. The molecular formula is C33H37N5O7S. The Morgan fingerprint density at radius 2 is 1.83 bits per heavy atom. The van der Waals surface area contributed by atoms with Crippen LogP contribution in [0.5, 0.6) is 5.88 Å². The summed E-state index contributed by atoms with van der Waals surface area (Å²) in [6, 6.07) is 12.2. The first-order chi connectivity index (χ1) is 21.8. The van der Waals surface area contributed by atoms with Gasteiger partial charge in [0.2, 0.25) is 21.8 Å². The van der Waals surface area contributed by atoms with Gasteiger partial charge < -0.3 is 14.8 Å². The van der Waals surface area contributed by atoms with Crippen molar-refractivity contribution < 1.29 is 32.3 Å². The molecule has 3 amide bonds. The number of rotatable bonds is 9. The fraction of sp³-hybridized carbons (Fsp3) is 0.424. The molecule has 12 nitrogen and oxygen atoms in total. The Labute approximate surface area is 267 Å². The molecule has 2 saturated carbocycles. The smallest absolute Gasteiger partial charge is 0.411 e. The monoisotopic (exact) mass is 647 g/mol. The number of fused-ring (bicyclic) bond motifs is 1. The number of ether oxygens (including phenoxy) is 2. The third kappa shape index (κ3) is 6.41. The van der Waals surface area contributed by atoms with Crippen LogP contribution in [0.1, 0.15) is 46.5 Å². The minimum Gasteiger partial charge on any atom is -0.472 e. The van der Waals surface area contributed by atoms with Crippen molar-refractivity contribution in [1.29, 1.82) is 0 Å². The third-order valence-electron chi connectivity index (χ3n) is 8.40. The maximum atomic E-state index is 13.9. The van der Waals surface area contributed by atoms with Crippen LogP contribution in [0.15, 0.2) is 67.5 Å². The Kier molecular flexibility index (Phi) is 7.99. The number of aromatic nitrogens is 2. The zero-order chi connectivity index (χ0) is 32.9. The van der Waals surface area contributed by atoms with Gasteiger partial charge in [-0.15, -0.1) is 6.58 Å². The highest BCUT2D eigenvalue weighted by Crippen LogP contribution is 2.45. The normalized spacial score (nSPS) is 24.2. The molecule has 1 aliphatic heterocycles. The summed E-state index contributed by atoms with van der Waals surface area (Å²) in [6.45, 7) is 8.94. The van der Waals surface area contributed by atoms with Gasteiger partial charge in [-0.2, -0.15) is 0 Å². The number of carbonyl (C=O) groups is 3. The summed E-state index contributed by atoms with van der Waals surface area (Å²) >= 11 is 0. The van der Waals surface area contributed by atoms with Crippen molar-refractivity contribution in [2.45, 2.75) is 75.0 Å². The van der Waals surface area contributed by atoms with E-state index < -0.39 is 62.4 Å². The predicted octanol–water partition coefficient (Wildman–Crippen LogP) is 3.72. The molecule has 1 saturated heterocycles. The van der Waals surface area contributed by atoms with E-state index in [0.29, 0.717) is 24.4 Å². The van der Waals surface area contributed by atoms with Gasteiger partial charge in [0.1, 0.15) is 23.3 Å². The van der Waals surface area contributed by atoms with E-state index in [0.717, 1.165) is 16.3 Å². The lowest BCUT2D eigenvalue weighted by Crippen LogP contribution is -2.56. The molecule has 3 aromatic rings. The van der Waals surface area contributed by atoms with E-state index in [1.165, 1.54) is 11.0 Å². The molecule has 13 heteroatoms. The minimum atomic E-state index is -3.85. The van der Waals surface area contributed by atoms with Gasteiger partial charge in [-0.05, 0) is 69.7 Å². The molecule has 46 heavy (non-hydrogen) atoms. The van der Waals surface area contributed by atoms with Crippen molar-refractivity contribution in [1.82, 2.24) is 24.9 Å². The summed E-state index contributed by atoms with van der Waals surface area (Å²) in [5.74, 6) is -1.56. The Morgan fingerprint density at radius 1 is 1.11 bits per heavy atom. The fourth-order valence-electron chi connectivity index (χ4n) is 5.76. The maximum Gasteiger partial charge on any atom is 0.411 e. The molecule has 2 aromatic heterocycles. The lowest BCUT2D eigenvalue weighted by Gasteiger charge is -2.29. The van der Waals surface area contributed by atoms with E-state index >= 15 is 0 Å². The quantitative estimate of drug-likeness (QED) is 0.331. The van der Waals surface area contributed by atoms with Crippen LogP contribution < -0.4 is 14.8 Å². The van der Waals surface area contributed by atoms with E-state index in [-0.39, 0.29) is 19.4 Å². The van der Waals surface area contributed by atoms with Gasteiger partial charge in [-0.25, -0.2) is 18.2 Å². The first-order valence-electron chi connectivity index (χ1n) is 15.3. The number of nitrogens with one attached hydrogen (secondary N) is 2. The number of nitrogens with zero attached hydrogens (tertiary/aromatic N) is 3. The van der Waals surface area contributed by atoms with E-state index in [2.05, 4.69) is 21.6 Å². The fourth-order valence-corrected chi connectivity index (χ4v) is 7.12. The average molecular weight is 648 g/mol. The van der Waals surface area contributed by atoms with Crippen molar-refractivity contribution in [3.05, 3.63) is 67.5 Å². The summed E-state index contributed by atoms with van der Waals surface area (Å²) in [7, 11) is -3.85. The van der Waals surface area contributed by atoms with Gasteiger partial charge in [-0.1, -0.05) is 24.3 Å². The molecule has 3 fully saturated rings. The molecule has 4 atom stereocenters. The van der Waals surface area contributed by atoms with Crippen LogP contribution in [0.3, 0.4) is 0 Å². The standard InChI is InChI=1S/C33H37N5O7S/c1-5-22-18-33(22,30(40)37-46(42,43)24-10-11-24)36-28(39)27-17-23(19-38(27)31(41)45-32(2,3)4)44-29-25-9-7-6-8-21(25)16-26(35-29)20-12-14-34-15-13-20/h5-9,12-16,22-24,27H,1,10-11,17-19H2,2-4H3,(H,36,39)(H,37,40). The first-order valence-corrected chi connectivity index (χ1v) is 16.8. The van der Waals surface area contributed by atoms with Crippen LogP contribution in [0.25, 0.3) is 22.0 Å². The molecule has 2 N–H and O–H groups in total. The Balaban J connectivity index is 1.27. The first kappa shape index (κ1) is 31.5. The molecular weight excluding hydrogens is 610 g/mol. The zero-order valence-corrected chi connectivity index (χ0v) is 26.7. The van der Waals surface area contributed by atoms with Gasteiger partial charge >= 0.3 is 6.09 Å². The van der Waals surface area contributed by atoms with Crippen molar-refractivity contribution in [3.63, 3.8) is 0 Å². The summed E-state index contributed by atoms with van der Waals surface area (Å²) in [5.41, 5.74) is -0.810. The maximum absolute atomic E-state index is 13.9. The van der Waals surface area contributed by atoms with Crippen molar-refractivity contribution >= 4 is 38.7 Å². The predicted molar refractivity (Wildman–Crippen MR) is 170 cm³/mol. The molecule has 2 aliphatic carbocycles. The molecule has 0 bridgehead atoms. The SMILES string of the molecule is C=CC1CC1(NC(=O)C1CC(Oc2nc(-c3ccncc3)cc3ccccc23)CN1C(=O)OC(C)(C)C)C(=O)NS(=O)(=O)C1CC1. The van der Waals surface area contributed by atoms with Crippen molar-refractivity contribution in [2.75, 3.05) is 6.54 Å². The van der Waals surface area contributed by atoms with Gasteiger partial charge in [-0.3, -0.25) is 24.2 Å². The molecule has 0 spiro atoms. The van der Waals surface area contributed by atoms with Gasteiger partial charge in [0.05, 0.1) is 17.5 Å². The average Bonchev–Trinajstić information content (AvgIpc) is 3.93. The third-order valence-corrected chi connectivity index (χ3v) is 10.2. The lowest BCUT2D eigenvalue weighted by molar-refractivity contribution is -0.131. The zero-order valence-electron chi connectivity index (χ0n) is 25.9. The molecule has 3 aliphatic rings. The number of carbonyl (C=O) groups excluding carboxylic acids is 3. The minimum absolute atomic E-state index is 0.0165. The summed E-state index contributed by atoms with van der Waals surface area (Å²) in [5, 5.41) is 3.82. The summed E-state index contributed by atoms with van der Waals surface area (Å²) in [6.07, 6.45) is 4.74. The number of likely N-dealkylation sites (tertiary alicyclic amines) is 1. The van der Waals surface area contributed by atoms with E-state index in [1.54, 1.807) is 33.2 Å². The van der Waals surface area contributed by atoms with Gasteiger partial charge in [0, 0.05) is 35.7 Å². The molecule has 0 radical (unpaired) electrons. The number of sulfonamides is 1. The second-order valence-electron chi connectivity index (χ2n) is 13.1. The van der Waals surface area contributed by atoms with Crippen LogP contribution in [0, 0.1) is 5.92 Å². The van der Waals surface area contributed by atoms with Crippen LogP contribution in [-0.2, 0) is 24.3 Å². The number of amides is 3. The van der Waals surface area contributed by atoms with E-state index in [9.17, 15) is 22.8 Å². The largest absolute Gasteiger partial charge is 0.472 e. The van der Waals surface area contributed by atoms with Crippen LogP contribution in [0.4, 0.5) is 4.79 Å². The highest BCUT2D eigenvalue weighted by atomic mass is 32.2. The number of hydrogen-bond acceptors (Lipinski definition) is 9. The second kappa shape index (κ2) is 11.7. The van der Waals surface area contributed by atoms with Crippen molar-refractivity contribution in [2.24, 2.45) is 5.92 Å². The highest BCUT2D eigenvalue weighted by molar-refractivity contribution is 7.91. The number of pyridine rings is 2. The highest BCUT2D eigenvalue weighted by Gasteiger charge is 2.62. The van der Waals surface area contributed by atoms with Crippen LogP contribution in [0.2, 0.25) is 0 Å². The summed E-state index contributed by atoms with van der Waals surface area (Å²) in [4.78, 5) is 50.8. The van der Waals surface area contributed by atoms with Gasteiger partial charge in [0.25, 0.3) is 5.91 Å². The molecule has 4 unspecified atom stereocenters. The summed E-state index contributed by atoms with van der Waals surface area (Å²) < 4.78 is 39.3. The van der Waals surface area contributed by atoms with Crippen molar-refractivity contribution in [3.8, 4) is 17.1 Å². The topological polar surface area (TPSA) is 157 Å². The Bertz CT molecular complexity index is 1810.